The van der Waals surface area contributed by atoms with Gasteiger partial charge in [0.05, 0.1) is 16.9 Å². The number of nitrogens with one attached hydrogen (secondary N) is 3. The van der Waals surface area contributed by atoms with E-state index in [1.165, 1.54) is 0 Å². The summed E-state index contributed by atoms with van der Waals surface area (Å²) in [7, 11) is 0. The van der Waals surface area contributed by atoms with Gasteiger partial charge < -0.3 is 15.6 Å². The molecule has 2 aromatic heterocycles. The number of amides is 1. The lowest BCUT2D eigenvalue weighted by Crippen LogP contribution is -2.14. The third-order valence-electron chi connectivity index (χ3n) is 5.48. The number of aromatic amines is 1. The second-order valence-electron chi connectivity index (χ2n) is 7.69. The highest BCUT2D eigenvalue weighted by Crippen LogP contribution is 2.39. The van der Waals surface area contributed by atoms with Crippen LogP contribution in [-0.2, 0) is 11.2 Å². The topological polar surface area (TPSA) is 86.9 Å². The van der Waals surface area contributed by atoms with E-state index in [1.807, 2.05) is 42.5 Å². The zero-order valence-electron chi connectivity index (χ0n) is 16.0. The van der Waals surface area contributed by atoms with Gasteiger partial charge in [-0.3, -0.25) is 9.59 Å². The summed E-state index contributed by atoms with van der Waals surface area (Å²) in [6.45, 7) is 0. The number of aromatic nitrogens is 2. The minimum Gasteiger partial charge on any atom is -0.356 e. The van der Waals surface area contributed by atoms with Crippen LogP contribution in [0.15, 0.2) is 48.7 Å². The Bertz CT molecular complexity index is 1080. The Kier molecular flexibility index (Phi) is 4.39. The quantitative estimate of drug-likeness (QED) is 0.594. The van der Waals surface area contributed by atoms with Crippen LogP contribution in [0.1, 0.15) is 41.7 Å². The molecule has 1 saturated carbocycles. The summed E-state index contributed by atoms with van der Waals surface area (Å²) in [5.41, 5.74) is 5.16. The maximum Gasteiger partial charge on any atom is 0.228 e. The lowest BCUT2D eigenvalue weighted by Gasteiger charge is -2.14. The van der Waals surface area contributed by atoms with Crippen molar-refractivity contribution in [3.8, 4) is 11.3 Å². The highest BCUT2D eigenvalue weighted by atomic mass is 16.2. The molecule has 1 fully saturated rings. The van der Waals surface area contributed by atoms with Crippen molar-refractivity contribution >= 4 is 28.9 Å². The molecule has 2 aliphatic rings. The van der Waals surface area contributed by atoms with Gasteiger partial charge in [-0.25, -0.2) is 4.98 Å². The van der Waals surface area contributed by atoms with Gasteiger partial charge in [0.25, 0.3) is 0 Å². The first kappa shape index (κ1) is 17.7. The maximum absolute atomic E-state index is 12.7. The molecule has 3 aromatic rings. The highest BCUT2D eigenvalue weighted by molar-refractivity contribution is 6.07. The molecule has 6 heteroatoms. The Hall–Kier alpha value is -3.41. The minimum atomic E-state index is 0.0261. The van der Waals surface area contributed by atoms with Crippen molar-refractivity contribution in [2.45, 2.75) is 32.1 Å². The first-order valence-corrected chi connectivity index (χ1v) is 10.1. The van der Waals surface area contributed by atoms with Crippen molar-refractivity contribution in [3.63, 3.8) is 0 Å². The number of benzene rings is 1. The lowest BCUT2D eigenvalue weighted by molar-refractivity contribution is -0.117. The van der Waals surface area contributed by atoms with E-state index in [1.54, 1.807) is 6.20 Å². The Morgan fingerprint density at radius 2 is 1.93 bits per heavy atom. The summed E-state index contributed by atoms with van der Waals surface area (Å²) >= 11 is 0. The van der Waals surface area contributed by atoms with E-state index in [0.29, 0.717) is 12.2 Å². The molecule has 0 aliphatic heterocycles. The second kappa shape index (κ2) is 7.20. The van der Waals surface area contributed by atoms with Crippen molar-refractivity contribution in [1.29, 1.82) is 0 Å². The molecule has 6 nitrogen and oxygen atoms in total. The number of Topliss-reactive ketones (excluding diaryl/α,β-unsaturated/α-hetero) is 1. The molecule has 0 unspecified atom stereocenters. The Balaban J connectivity index is 1.55. The molecule has 0 atom stereocenters. The molecular formula is C23H22N4O2. The van der Waals surface area contributed by atoms with Crippen LogP contribution < -0.4 is 10.6 Å². The molecule has 146 valence electrons. The zero-order chi connectivity index (χ0) is 19.8. The number of rotatable bonds is 5. The van der Waals surface area contributed by atoms with Crippen molar-refractivity contribution < 1.29 is 9.59 Å². The summed E-state index contributed by atoms with van der Waals surface area (Å²) < 4.78 is 0. The largest absolute Gasteiger partial charge is 0.356 e. The smallest absolute Gasteiger partial charge is 0.228 e. The van der Waals surface area contributed by atoms with Crippen molar-refractivity contribution in [1.82, 2.24) is 9.97 Å². The van der Waals surface area contributed by atoms with Crippen molar-refractivity contribution in [2.75, 3.05) is 10.6 Å². The molecule has 29 heavy (non-hydrogen) atoms. The van der Waals surface area contributed by atoms with Crippen LogP contribution in [0, 0.1) is 5.92 Å². The molecular weight excluding hydrogens is 364 g/mol. The Morgan fingerprint density at radius 1 is 1.10 bits per heavy atom. The van der Waals surface area contributed by atoms with Crippen LogP contribution in [0.25, 0.3) is 11.3 Å². The predicted octanol–water partition coefficient (Wildman–Crippen LogP) is 4.69. The second-order valence-corrected chi connectivity index (χ2v) is 7.69. The first-order valence-electron chi connectivity index (χ1n) is 10.1. The first-order chi connectivity index (χ1) is 14.2. The molecule has 2 aliphatic carbocycles. The number of hydrogen-bond donors (Lipinski definition) is 3. The fourth-order valence-corrected chi connectivity index (χ4v) is 3.83. The summed E-state index contributed by atoms with van der Waals surface area (Å²) in [5, 5.41) is 6.34. The van der Waals surface area contributed by atoms with Crippen molar-refractivity contribution in [2.24, 2.45) is 5.92 Å². The number of para-hydroxylation sites is 1. The van der Waals surface area contributed by atoms with Crippen LogP contribution in [0.4, 0.5) is 17.2 Å². The average Bonchev–Trinajstić information content (AvgIpc) is 3.52. The summed E-state index contributed by atoms with van der Waals surface area (Å²) in [4.78, 5) is 32.6. The van der Waals surface area contributed by atoms with E-state index in [2.05, 4.69) is 20.6 Å². The summed E-state index contributed by atoms with van der Waals surface area (Å²) in [6.07, 6.45) is 5.85. The van der Waals surface area contributed by atoms with Gasteiger partial charge in [-0.1, -0.05) is 18.2 Å². The molecule has 0 spiro atoms. The van der Waals surface area contributed by atoms with E-state index in [0.717, 1.165) is 59.6 Å². The number of carbonyl (C=O) groups is 2. The molecule has 0 radical (unpaired) electrons. The standard InChI is InChI=1S/C23H22N4O2/c28-18-8-4-7-17-20(18)22(25-16-5-2-1-3-6-16)21(26-17)15-11-12-24-19(13-15)27-23(29)14-9-10-14/h1-3,5-6,11-14,25-26H,4,7-10H2,(H,24,27,29). The summed E-state index contributed by atoms with van der Waals surface area (Å²) in [5.74, 6) is 0.830. The molecule has 2 heterocycles. The number of fused-ring (bicyclic) bond motifs is 1. The van der Waals surface area contributed by atoms with Crippen LogP contribution in [0.5, 0.6) is 0 Å². The number of ketones is 1. The van der Waals surface area contributed by atoms with Gasteiger partial charge in [0.1, 0.15) is 5.82 Å². The van der Waals surface area contributed by atoms with Crippen molar-refractivity contribution in [3.05, 3.63) is 59.9 Å². The zero-order valence-corrected chi connectivity index (χ0v) is 16.0. The van der Waals surface area contributed by atoms with Crippen LogP contribution >= 0.6 is 0 Å². The van der Waals surface area contributed by atoms with Crippen LogP contribution in [0.3, 0.4) is 0 Å². The molecule has 3 N–H and O–H groups in total. The SMILES string of the molecule is O=C1CCCc2[nH]c(-c3ccnc(NC(=O)C4CC4)c3)c(Nc3ccccc3)c21. The van der Waals surface area contributed by atoms with E-state index >= 15 is 0 Å². The number of nitrogens with zero attached hydrogens (tertiary/aromatic N) is 1. The minimum absolute atomic E-state index is 0.0261. The maximum atomic E-state index is 12.7. The number of pyridine rings is 1. The van der Waals surface area contributed by atoms with E-state index in [4.69, 9.17) is 0 Å². The van der Waals surface area contributed by atoms with Gasteiger partial charge in [0.15, 0.2) is 5.78 Å². The van der Waals surface area contributed by atoms with Gasteiger partial charge in [0, 0.05) is 35.5 Å². The van der Waals surface area contributed by atoms with Crippen LogP contribution in [0.2, 0.25) is 0 Å². The van der Waals surface area contributed by atoms with E-state index in [9.17, 15) is 9.59 Å². The number of carbonyl (C=O) groups excluding carboxylic acids is 2. The number of anilines is 3. The fourth-order valence-electron chi connectivity index (χ4n) is 3.83. The molecule has 0 saturated heterocycles. The van der Waals surface area contributed by atoms with Gasteiger partial charge in [0.2, 0.25) is 5.91 Å². The average molecular weight is 386 g/mol. The molecule has 1 amide bonds. The Morgan fingerprint density at radius 3 is 2.72 bits per heavy atom. The third-order valence-corrected chi connectivity index (χ3v) is 5.48. The van der Waals surface area contributed by atoms with Crippen LogP contribution in [-0.4, -0.2) is 21.7 Å². The van der Waals surface area contributed by atoms with Gasteiger partial charge in [-0.05, 0) is 49.9 Å². The summed E-state index contributed by atoms with van der Waals surface area (Å²) in [6, 6.07) is 13.6. The normalized spacial score (nSPS) is 15.7. The molecule has 5 rings (SSSR count). The number of hydrogen-bond acceptors (Lipinski definition) is 4. The molecule has 1 aromatic carbocycles. The third kappa shape index (κ3) is 3.53. The monoisotopic (exact) mass is 386 g/mol. The predicted molar refractivity (Wildman–Crippen MR) is 112 cm³/mol. The number of aryl methyl sites for hydroxylation is 1. The van der Waals surface area contributed by atoms with Gasteiger partial charge >= 0.3 is 0 Å². The lowest BCUT2D eigenvalue weighted by atomic mass is 9.95. The number of H-pyrrole nitrogens is 1. The Labute approximate surface area is 168 Å². The highest BCUT2D eigenvalue weighted by Gasteiger charge is 2.30. The van der Waals surface area contributed by atoms with E-state index in [-0.39, 0.29) is 17.6 Å². The molecule has 0 bridgehead atoms. The fraction of sp³-hybridized carbons (Fsp3) is 0.261. The van der Waals surface area contributed by atoms with Gasteiger partial charge in [-0.2, -0.15) is 0 Å². The van der Waals surface area contributed by atoms with Gasteiger partial charge in [-0.15, -0.1) is 0 Å². The van der Waals surface area contributed by atoms with E-state index < -0.39 is 0 Å².